The number of ether oxygens (including phenoxy) is 3. The van der Waals surface area contributed by atoms with Crippen molar-refractivity contribution in [1.82, 2.24) is 0 Å². The Labute approximate surface area is 384 Å². The van der Waals surface area contributed by atoms with Crippen LogP contribution in [-0.2, 0) is 6.42 Å². The number of hydrogen-bond acceptors (Lipinski definition) is 3. The van der Waals surface area contributed by atoms with Gasteiger partial charge in [-0.3, -0.25) is 0 Å². The third kappa shape index (κ3) is 38.8. The Morgan fingerprint density at radius 2 is 0.525 bits per heavy atom. The van der Waals surface area contributed by atoms with Crippen LogP contribution in [0.3, 0.4) is 0 Å². The molecule has 0 unspecified atom stereocenters. The summed E-state index contributed by atoms with van der Waals surface area (Å²) in [5, 5.41) is 0. The molecule has 0 saturated heterocycles. The molecule has 3 nitrogen and oxygen atoms in total. The van der Waals surface area contributed by atoms with E-state index < -0.39 is 0 Å². The first-order chi connectivity index (χ1) is 30.3. The van der Waals surface area contributed by atoms with Crippen molar-refractivity contribution in [2.45, 2.75) is 310 Å². The highest BCUT2D eigenvalue weighted by Gasteiger charge is 2.16. The van der Waals surface area contributed by atoms with E-state index in [4.69, 9.17) is 14.2 Å². The van der Waals surface area contributed by atoms with E-state index in [2.05, 4.69) is 39.8 Å². The van der Waals surface area contributed by atoms with Gasteiger partial charge in [-0.1, -0.05) is 285 Å². The first kappa shape index (κ1) is 57.6. The molecule has 0 atom stereocenters. The summed E-state index contributed by atoms with van der Waals surface area (Å²) < 4.78 is 19.8. The van der Waals surface area contributed by atoms with Crippen molar-refractivity contribution in [3.05, 3.63) is 24.6 Å². The van der Waals surface area contributed by atoms with Gasteiger partial charge in [-0.15, -0.1) is 0 Å². The molecule has 1 aromatic rings. The molecular weight excluding hydrogens is 745 g/mol. The minimum atomic E-state index is 0.737. The zero-order chi connectivity index (χ0) is 43.8. The topological polar surface area (TPSA) is 27.7 Å². The zero-order valence-electron chi connectivity index (χ0n) is 42.0. The summed E-state index contributed by atoms with van der Waals surface area (Å²) in [6, 6.07) is 4.50. The van der Waals surface area contributed by atoms with Crippen LogP contribution >= 0.6 is 0 Å². The van der Waals surface area contributed by atoms with Gasteiger partial charge in [0.1, 0.15) is 0 Å². The van der Waals surface area contributed by atoms with Gasteiger partial charge >= 0.3 is 0 Å². The highest BCUT2D eigenvalue weighted by atomic mass is 16.5. The van der Waals surface area contributed by atoms with Crippen molar-refractivity contribution in [1.29, 1.82) is 0 Å². The number of hydrogen-bond donors (Lipinski definition) is 0. The number of rotatable bonds is 51. The maximum atomic E-state index is 6.62. The molecule has 61 heavy (non-hydrogen) atoms. The first-order valence-corrected chi connectivity index (χ1v) is 28.1. The van der Waals surface area contributed by atoms with Crippen LogP contribution in [-0.4, -0.2) is 19.8 Å². The van der Waals surface area contributed by atoms with Crippen LogP contribution in [0.15, 0.2) is 12.1 Å². The molecule has 0 bridgehead atoms. The number of aryl methyl sites for hydroxylation is 1. The van der Waals surface area contributed by atoms with Crippen molar-refractivity contribution >= 4 is 0 Å². The number of unbranched alkanes of at least 4 members (excludes halogenated alkanes) is 40. The Bertz CT molecular complexity index is 935. The Morgan fingerprint density at radius 3 is 0.770 bits per heavy atom. The van der Waals surface area contributed by atoms with E-state index in [1.165, 1.54) is 256 Å². The van der Waals surface area contributed by atoms with Crippen LogP contribution in [0.5, 0.6) is 17.2 Å². The van der Waals surface area contributed by atoms with Gasteiger partial charge in [0.15, 0.2) is 11.5 Å². The molecule has 1 rings (SSSR count). The predicted octanol–water partition coefficient (Wildman–Crippen LogP) is 20.4. The molecular formula is C58H109O3. The van der Waals surface area contributed by atoms with Crippen molar-refractivity contribution in [2.24, 2.45) is 0 Å². The Kier molecular flexibility index (Phi) is 45.4. The molecule has 0 fully saturated rings. The van der Waals surface area contributed by atoms with Crippen LogP contribution in [0.25, 0.3) is 0 Å². The van der Waals surface area contributed by atoms with Crippen LogP contribution in [0.2, 0.25) is 0 Å². The maximum Gasteiger partial charge on any atom is 0.203 e. The summed E-state index contributed by atoms with van der Waals surface area (Å²) in [6.07, 6.45) is 60.6. The molecule has 1 aromatic carbocycles. The van der Waals surface area contributed by atoms with Crippen molar-refractivity contribution in [2.75, 3.05) is 19.8 Å². The second-order valence-electron chi connectivity index (χ2n) is 19.2. The summed E-state index contributed by atoms with van der Waals surface area (Å²) in [7, 11) is 0. The summed E-state index contributed by atoms with van der Waals surface area (Å²) >= 11 is 0. The fourth-order valence-electron chi connectivity index (χ4n) is 8.89. The zero-order valence-corrected chi connectivity index (χ0v) is 42.0. The monoisotopic (exact) mass is 854 g/mol. The smallest absolute Gasteiger partial charge is 0.203 e. The summed E-state index contributed by atoms with van der Waals surface area (Å²) in [4.78, 5) is 0. The molecule has 0 spiro atoms. The van der Waals surface area contributed by atoms with Crippen LogP contribution < -0.4 is 14.2 Å². The van der Waals surface area contributed by atoms with Gasteiger partial charge in [0.2, 0.25) is 5.75 Å². The first-order valence-electron chi connectivity index (χ1n) is 28.1. The predicted molar refractivity (Wildman–Crippen MR) is 272 cm³/mol. The molecule has 0 aliphatic rings. The van der Waals surface area contributed by atoms with E-state index in [0.29, 0.717) is 0 Å². The molecule has 0 saturated carbocycles. The van der Waals surface area contributed by atoms with E-state index in [9.17, 15) is 0 Å². The quantitative estimate of drug-likeness (QED) is 0.0611. The second-order valence-corrected chi connectivity index (χ2v) is 19.2. The lowest BCUT2D eigenvalue weighted by atomic mass is 10.0. The Morgan fingerprint density at radius 1 is 0.295 bits per heavy atom. The van der Waals surface area contributed by atoms with Gasteiger partial charge in [-0.2, -0.15) is 0 Å². The lowest BCUT2D eigenvalue weighted by molar-refractivity contribution is 0.234. The summed E-state index contributed by atoms with van der Waals surface area (Å²) in [5.74, 6) is 2.65. The van der Waals surface area contributed by atoms with Crippen molar-refractivity contribution in [3.8, 4) is 17.2 Å². The molecule has 0 aliphatic heterocycles. The molecule has 0 N–H and O–H groups in total. The van der Waals surface area contributed by atoms with E-state index in [1.807, 2.05) is 0 Å². The van der Waals surface area contributed by atoms with Gasteiger partial charge in [-0.05, 0) is 49.8 Å². The van der Waals surface area contributed by atoms with Gasteiger partial charge in [0, 0.05) is 0 Å². The number of benzene rings is 1. The van der Waals surface area contributed by atoms with Crippen LogP contribution in [0.1, 0.15) is 309 Å². The van der Waals surface area contributed by atoms with E-state index in [0.717, 1.165) is 75.6 Å². The molecule has 0 amide bonds. The molecule has 359 valence electrons. The molecule has 1 radical (unpaired) electrons. The van der Waals surface area contributed by atoms with Crippen LogP contribution in [0, 0.1) is 6.92 Å². The highest BCUT2D eigenvalue weighted by Crippen LogP contribution is 2.40. The normalized spacial score (nSPS) is 11.5. The standard InChI is InChI=1S/C58H109O3/c1-5-9-13-16-19-22-25-28-31-34-37-40-43-46-50-59-56-53-55(49-12-8-4)54-57(60-51-47-44-41-38-35-32-29-26-23-20-17-14-10-6-2)58(56)61-52-48-45-42-39-36-33-30-27-24-21-18-15-11-7-3/h53-54H,4-52H2,1-3H3. The van der Waals surface area contributed by atoms with Gasteiger partial charge in [0.05, 0.1) is 19.8 Å². The van der Waals surface area contributed by atoms with E-state index in [-0.39, 0.29) is 0 Å². The average Bonchev–Trinajstić information content (AvgIpc) is 3.27. The summed E-state index contributed by atoms with van der Waals surface area (Å²) in [6.45, 7) is 13.3. The SMILES string of the molecule is [CH2]CCCc1cc(OCCCCCCCCCCCCCCCC)c(OCCCCCCCCCCCCCCCC)c(OCCCCCCCCCCCCCCCC)c1. The van der Waals surface area contributed by atoms with E-state index in [1.54, 1.807) is 0 Å². The lowest BCUT2D eigenvalue weighted by Gasteiger charge is -2.19. The van der Waals surface area contributed by atoms with Gasteiger partial charge in [0.25, 0.3) is 0 Å². The molecule has 0 heterocycles. The minimum absolute atomic E-state index is 0.737. The fraction of sp³-hybridized carbons (Fsp3) is 0.879. The minimum Gasteiger partial charge on any atom is -0.490 e. The Balaban J connectivity index is 2.54. The van der Waals surface area contributed by atoms with Crippen LogP contribution in [0.4, 0.5) is 0 Å². The molecule has 0 aliphatic carbocycles. The average molecular weight is 855 g/mol. The third-order valence-electron chi connectivity index (χ3n) is 13.1. The van der Waals surface area contributed by atoms with Gasteiger partial charge < -0.3 is 14.2 Å². The summed E-state index contributed by atoms with van der Waals surface area (Å²) in [5.41, 5.74) is 1.29. The third-order valence-corrected chi connectivity index (χ3v) is 13.1. The largest absolute Gasteiger partial charge is 0.490 e. The lowest BCUT2D eigenvalue weighted by Crippen LogP contribution is -2.07. The Hall–Kier alpha value is -1.38. The molecule has 0 aromatic heterocycles. The molecule has 3 heteroatoms. The van der Waals surface area contributed by atoms with Crippen molar-refractivity contribution < 1.29 is 14.2 Å². The van der Waals surface area contributed by atoms with Crippen molar-refractivity contribution in [3.63, 3.8) is 0 Å². The fourth-order valence-corrected chi connectivity index (χ4v) is 8.89. The van der Waals surface area contributed by atoms with Gasteiger partial charge in [-0.25, -0.2) is 0 Å². The highest BCUT2D eigenvalue weighted by molar-refractivity contribution is 5.54. The second kappa shape index (κ2) is 48.1. The maximum absolute atomic E-state index is 6.62. The van der Waals surface area contributed by atoms with E-state index >= 15 is 0 Å².